The summed E-state index contributed by atoms with van der Waals surface area (Å²) in [4.78, 5) is 15.8. The summed E-state index contributed by atoms with van der Waals surface area (Å²) in [6, 6.07) is 14.0. The number of benzene rings is 2. The number of hydrazone groups is 1. The second-order valence-corrected chi connectivity index (χ2v) is 9.28. The van der Waals surface area contributed by atoms with Crippen LogP contribution in [0.5, 0.6) is 17.2 Å². The first-order valence-corrected chi connectivity index (χ1v) is 12.6. The van der Waals surface area contributed by atoms with Gasteiger partial charge < -0.3 is 14.2 Å². The van der Waals surface area contributed by atoms with Crippen molar-refractivity contribution in [1.82, 2.24) is 9.91 Å². The zero-order valence-electron chi connectivity index (χ0n) is 21.3. The van der Waals surface area contributed by atoms with E-state index in [1.54, 1.807) is 19.2 Å². The average Bonchev–Trinajstić information content (AvgIpc) is 3.35. The number of hydrogen-bond acceptors (Lipinski definition) is 6. The summed E-state index contributed by atoms with van der Waals surface area (Å²) in [7, 11) is 5.33. The first-order valence-electron chi connectivity index (χ1n) is 12.6. The van der Waals surface area contributed by atoms with Crippen LogP contribution in [0.2, 0.25) is 0 Å². The number of rotatable bonds is 9. The molecule has 0 radical (unpaired) electrons. The Kier molecular flexibility index (Phi) is 8.29. The molecule has 1 aliphatic heterocycles. The molecule has 35 heavy (non-hydrogen) atoms. The second-order valence-electron chi connectivity index (χ2n) is 9.28. The van der Waals surface area contributed by atoms with Gasteiger partial charge in [-0.1, -0.05) is 31.4 Å². The maximum Gasteiger partial charge on any atom is 0.257 e. The Bertz CT molecular complexity index is 1030. The second kappa shape index (κ2) is 11.6. The van der Waals surface area contributed by atoms with Gasteiger partial charge in [0.25, 0.3) is 5.91 Å². The molecule has 2 aromatic carbocycles. The third-order valence-electron chi connectivity index (χ3n) is 7.04. The smallest absolute Gasteiger partial charge is 0.257 e. The van der Waals surface area contributed by atoms with E-state index < -0.39 is 0 Å². The van der Waals surface area contributed by atoms with Crippen molar-refractivity contribution in [2.45, 2.75) is 57.5 Å². The lowest BCUT2D eigenvalue weighted by Crippen LogP contribution is -2.41. The molecule has 1 saturated carbocycles. The first-order chi connectivity index (χ1) is 17.0. The molecule has 188 valence electrons. The Morgan fingerprint density at radius 3 is 2.40 bits per heavy atom. The molecule has 0 unspecified atom stereocenters. The lowest BCUT2D eigenvalue weighted by Gasteiger charge is -2.32. The molecule has 4 rings (SSSR count). The fourth-order valence-electron chi connectivity index (χ4n) is 5.09. The third kappa shape index (κ3) is 5.78. The van der Waals surface area contributed by atoms with Gasteiger partial charge in [-0.3, -0.25) is 9.69 Å². The van der Waals surface area contributed by atoms with Crippen molar-refractivity contribution in [3.63, 3.8) is 0 Å². The van der Waals surface area contributed by atoms with Crippen molar-refractivity contribution in [1.29, 1.82) is 0 Å². The molecule has 0 N–H and O–H groups in total. The largest absolute Gasteiger partial charge is 0.497 e. The summed E-state index contributed by atoms with van der Waals surface area (Å²) >= 11 is 0. The van der Waals surface area contributed by atoms with Gasteiger partial charge in [0.05, 0.1) is 39.1 Å². The summed E-state index contributed by atoms with van der Waals surface area (Å²) in [5, 5.41) is 6.53. The molecule has 2 aromatic rings. The number of nitrogens with zero attached hydrogens (tertiary/aromatic N) is 3. The summed E-state index contributed by atoms with van der Waals surface area (Å²) in [5.41, 5.74) is 2.74. The van der Waals surface area contributed by atoms with Gasteiger partial charge in [-0.2, -0.15) is 5.10 Å². The zero-order chi connectivity index (χ0) is 24.8. The van der Waals surface area contributed by atoms with E-state index >= 15 is 0 Å². The van der Waals surface area contributed by atoms with Crippen LogP contribution in [0.25, 0.3) is 0 Å². The number of carbonyl (C=O) groups is 1. The van der Waals surface area contributed by atoms with Gasteiger partial charge in [0, 0.05) is 24.1 Å². The number of methoxy groups -OCH3 is 2. The SMILES string of the molecule is CCOc1ccc([C@H]2CC(c3ccc(OC)cc3OC)=NN2C(=O)CN(C)C2CCCCC2)cc1. The van der Waals surface area contributed by atoms with Gasteiger partial charge in [0.15, 0.2) is 0 Å². The van der Waals surface area contributed by atoms with Crippen molar-refractivity contribution in [3.8, 4) is 17.2 Å². The average molecular weight is 480 g/mol. The molecule has 7 nitrogen and oxygen atoms in total. The number of carbonyl (C=O) groups excluding carboxylic acids is 1. The Labute approximate surface area is 208 Å². The van der Waals surface area contributed by atoms with Gasteiger partial charge in [0.2, 0.25) is 0 Å². The van der Waals surface area contributed by atoms with E-state index in [1.165, 1.54) is 19.3 Å². The monoisotopic (exact) mass is 479 g/mol. The molecule has 1 fully saturated rings. The van der Waals surface area contributed by atoms with Gasteiger partial charge in [-0.05, 0) is 56.6 Å². The predicted octanol–water partition coefficient (Wildman–Crippen LogP) is 5.04. The number of amides is 1. The van der Waals surface area contributed by atoms with Crippen LogP contribution in [-0.4, -0.2) is 62.0 Å². The summed E-state index contributed by atoms with van der Waals surface area (Å²) in [5.74, 6) is 2.23. The van der Waals surface area contributed by atoms with Crippen molar-refractivity contribution in [3.05, 3.63) is 53.6 Å². The molecule has 0 aromatic heterocycles. The number of likely N-dealkylation sites (N-methyl/N-ethyl adjacent to an activating group) is 1. The van der Waals surface area contributed by atoms with Crippen molar-refractivity contribution in [2.75, 3.05) is 34.4 Å². The summed E-state index contributed by atoms with van der Waals surface area (Å²) in [6.07, 6.45) is 6.69. The minimum Gasteiger partial charge on any atom is -0.497 e. The van der Waals surface area contributed by atoms with E-state index in [-0.39, 0.29) is 11.9 Å². The van der Waals surface area contributed by atoms with Gasteiger partial charge in [0.1, 0.15) is 17.2 Å². The minimum atomic E-state index is -0.181. The third-order valence-corrected chi connectivity index (χ3v) is 7.04. The van der Waals surface area contributed by atoms with E-state index in [9.17, 15) is 4.79 Å². The van der Waals surface area contributed by atoms with Crippen LogP contribution >= 0.6 is 0 Å². The highest BCUT2D eigenvalue weighted by molar-refractivity contribution is 6.05. The Morgan fingerprint density at radius 2 is 1.74 bits per heavy atom. The number of hydrogen-bond donors (Lipinski definition) is 0. The van der Waals surface area contributed by atoms with Crippen LogP contribution in [0.4, 0.5) is 0 Å². The van der Waals surface area contributed by atoms with E-state index in [1.807, 2.05) is 49.4 Å². The summed E-state index contributed by atoms with van der Waals surface area (Å²) < 4.78 is 16.6. The predicted molar refractivity (Wildman–Crippen MR) is 137 cm³/mol. The fourth-order valence-corrected chi connectivity index (χ4v) is 5.09. The van der Waals surface area contributed by atoms with Gasteiger partial charge in [-0.15, -0.1) is 0 Å². The van der Waals surface area contributed by atoms with E-state index in [4.69, 9.17) is 19.3 Å². The molecular formula is C28H37N3O4. The lowest BCUT2D eigenvalue weighted by atomic mass is 9.94. The number of ether oxygens (including phenoxy) is 3. The van der Waals surface area contributed by atoms with E-state index in [2.05, 4.69) is 11.9 Å². The molecule has 7 heteroatoms. The van der Waals surface area contributed by atoms with Crippen LogP contribution in [0.3, 0.4) is 0 Å². The minimum absolute atomic E-state index is 0.0134. The molecule has 1 aliphatic carbocycles. The molecule has 1 heterocycles. The Balaban J connectivity index is 1.61. The normalized spacial score (nSPS) is 18.5. The molecule has 0 bridgehead atoms. The quantitative estimate of drug-likeness (QED) is 0.504. The molecule has 1 amide bonds. The lowest BCUT2D eigenvalue weighted by molar-refractivity contribution is -0.134. The topological polar surface area (TPSA) is 63.6 Å². The maximum absolute atomic E-state index is 13.6. The molecule has 0 spiro atoms. The van der Waals surface area contributed by atoms with E-state index in [0.29, 0.717) is 37.1 Å². The van der Waals surface area contributed by atoms with Crippen molar-refractivity contribution < 1.29 is 19.0 Å². The highest BCUT2D eigenvalue weighted by Crippen LogP contribution is 2.37. The first kappa shape index (κ1) is 25.0. The van der Waals surface area contributed by atoms with Gasteiger partial charge >= 0.3 is 0 Å². The summed E-state index contributed by atoms with van der Waals surface area (Å²) in [6.45, 7) is 2.94. The zero-order valence-corrected chi connectivity index (χ0v) is 21.3. The van der Waals surface area contributed by atoms with Crippen molar-refractivity contribution >= 4 is 11.6 Å². The molecule has 2 aliphatic rings. The molecular weight excluding hydrogens is 442 g/mol. The van der Waals surface area contributed by atoms with Gasteiger partial charge in [-0.25, -0.2) is 5.01 Å². The standard InChI is InChI=1S/C28H37N3O4/c1-5-35-22-13-11-20(12-14-22)26-18-25(24-16-15-23(33-3)17-27(24)34-4)29-31(26)28(32)19-30(2)21-9-7-6-8-10-21/h11-17,21,26H,5-10,18-19H2,1-4H3/t26-/m1/s1. The van der Waals surface area contributed by atoms with Crippen LogP contribution < -0.4 is 14.2 Å². The Hall–Kier alpha value is -3.06. The van der Waals surface area contributed by atoms with E-state index in [0.717, 1.165) is 35.4 Å². The Morgan fingerprint density at radius 1 is 1.03 bits per heavy atom. The van der Waals surface area contributed by atoms with Crippen molar-refractivity contribution in [2.24, 2.45) is 5.10 Å². The highest BCUT2D eigenvalue weighted by Gasteiger charge is 2.35. The molecule has 1 atom stereocenters. The fraction of sp³-hybridized carbons (Fsp3) is 0.500. The van der Waals surface area contributed by atoms with Crippen LogP contribution in [0.1, 0.15) is 62.6 Å². The van der Waals surface area contributed by atoms with Crippen LogP contribution in [0, 0.1) is 0 Å². The van der Waals surface area contributed by atoms with Crippen LogP contribution in [0.15, 0.2) is 47.6 Å². The highest BCUT2D eigenvalue weighted by atomic mass is 16.5. The maximum atomic E-state index is 13.6. The van der Waals surface area contributed by atoms with Crippen LogP contribution in [-0.2, 0) is 4.79 Å². The molecule has 0 saturated heterocycles.